The summed E-state index contributed by atoms with van der Waals surface area (Å²) in [5.41, 5.74) is 2.49. The van der Waals surface area contributed by atoms with E-state index in [1.54, 1.807) is 0 Å². The van der Waals surface area contributed by atoms with Crippen molar-refractivity contribution in [2.24, 2.45) is 5.92 Å². The summed E-state index contributed by atoms with van der Waals surface area (Å²) in [6, 6.07) is 21.2. The summed E-state index contributed by atoms with van der Waals surface area (Å²) in [5.74, 6) is 0.451. The molecule has 0 amide bonds. The first-order valence-corrected chi connectivity index (χ1v) is 7.23. The monoisotopic (exact) mass is 266 g/mol. The minimum atomic E-state index is 0.0809. The van der Waals surface area contributed by atoms with Crippen LogP contribution in [-0.2, 0) is 4.79 Å². The van der Waals surface area contributed by atoms with E-state index in [0.717, 1.165) is 0 Å². The second-order valence-corrected chi connectivity index (χ2v) is 5.61. The number of carbonyl (C=O) groups is 1. The Morgan fingerprint density at radius 1 is 0.900 bits per heavy atom. The van der Waals surface area contributed by atoms with Crippen molar-refractivity contribution in [3.8, 4) is 0 Å². The topological polar surface area (TPSA) is 33.7 Å². The lowest BCUT2D eigenvalue weighted by atomic mass is 9.82. The molecule has 0 radical (unpaired) electrons. The highest BCUT2D eigenvalue weighted by atomic mass is 16.1. The fourth-order valence-electron chi connectivity index (χ4n) is 3.09. The van der Waals surface area contributed by atoms with E-state index in [1.807, 2.05) is 36.4 Å². The number of hydrogen-bond donors (Lipinski definition) is 1. The molecule has 0 spiro atoms. The van der Waals surface area contributed by atoms with Gasteiger partial charge >= 0.3 is 0 Å². The van der Waals surface area contributed by atoms with Gasteiger partial charge in [0.25, 0.3) is 0 Å². The van der Waals surface area contributed by atoms with E-state index >= 15 is 0 Å². The van der Waals surface area contributed by atoms with Crippen molar-refractivity contribution in [2.75, 3.05) is 0 Å². The molecule has 0 saturated carbocycles. The van der Waals surface area contributed by atoms with Crippen LogP contribution < -0.4 is 5.32 Å². The van der Waals surface area contributed by atoms with Crippen molar-refractivity contribution in [1.82, 2.24) is 0 Å². The van der Waals surface area contributed by atoms with Gasteiger partial charge in [-0.05, 0) is 6.92 Å². The molecular weight excluding hydrogens is 246 g/mol. The first kappa shape index (κ1) is 13.1. The average molecular weight is 266 g/mol. The van der Waals surface area contributed by atoms with E-state index in [-0.39, 0.29) is 18.0 Å². The van der Waals surface area contributed by atoms with Gasteiger partial charge in [0.1, 0.15) is 17.9 Å². The Labute approximate surface area is 119 Å². The van der Waals surface area contributed by atoms with Crippen LogP contribution in [0.1, 0.15) is 36.6 Å². The van der Waals surface area contributed by atoms with Gasteiger partial charge in [0.2, 0.25) is 0 Å². The lowest BCUT2D eigenvalue weighted by Crippen LogP contribution is -2.90. The molecule has 3 rings (SSSR count). The van der Waals surface area contributed by atoms with Crippen molar-refractivity contribution in [1.29, 1.82) is 0 Å². The Morgan fingerprint density at radius 3 is 2.05 bits per heavy atom. The zero-order valence-electron chi connectivity index (χ0n) is 11.7. The molecule has 102 valence electrons. The van der Waals surface area contributed by atoms with E-state index < -0.39 is 0 Å². The number of piperidine rings is 1. The van der Waals surface area contributed by atoms with Crippen LogP contribution in [0.4, 0.5) is 0 Å². The van der Waals surface area contributed by atoms with Crippen LogP contribution in [0.5, 0.6) is 0 Å². The Morgan fingerprint density at radius 2 is 1.45 bits per heavy atom. The fourth-order valence-corrected chi connectivity index (χ4v) is 3.09. The Bertz CT molecular complexity index is 579. The highest BCUT2D eigenvalue weighted by Gasteiger charge is 2.38. The lowest BCUT2D eigenvalue weighted by Gasteiger charge is -2.32. The van der Waals surface area contributed by atoms with E-state index in [9.17, 15) is 4.79 Å². The number of quaternary nitrogens is 1. The number of benzene rings is 2. The minimum absolute atomic E-state index is 0.0809. The number of rotatable bonds is 2. The molecule has 2 aromatic carbocycles. The highest BCUT2D eigenvalue weighted by Crippen LogP contribution is 2.28. The summed E-state index contributed by atoms with van der Waals surface area (Å²) in [4.78, 5) is 12.3. The smallest absolute Gasteiger partial charge is 0.148 e. The molecule has 0 unspecified atom stereocenters. The zero-order chi connectivity index (χ0) is 13.9. The normalized spacial score (nSPS) is 26.4. The predicted octanol–water partition coefficient (Wildman–Crippen LogP) is 2.64. The van der Waals surface area contributed by atoms with Crippen LogP contribution >= 0.6 is 0 Å². The highest BCUT2D eigenvalue weighted by molar-refractivity contribution is 5.82. The summed E-state index contributed by atoms with van der Waals surface area (Å²) in [5, 5.41) is 2.36. The zero-order valence-corrected chi connectivity index (χ0v) is 11.7. The SMILES string of the molecule is C[C@@H]1C(=O)C[C@@H](c2ccccc2)[NH2+][C@H]1c1ccccc1. The van der Waals surface area contributed by atoms with Gasteiger partial charge in [-0.25, -0.2) is 0 Å². The van der Waals surface area contributed by atoms with Crippen molar-refractivity contribution in [3.05, 3.63) is 71.8 Å². The van der Waals surface area contributed by atoms with Gasteiger partial charge in [-0.1, -0.05) is 60.7 Å². The van der Waals surface area contributed by atoms with Gasteiger partial charge in [-0.15, -0.1) is 0 Å². The Kier molecular flexibility index (Phi) is 3.66. The van der Waals surface area contributed by atoms with Crippen molar-refractivity contribution >= 4 is 5.78 Å². The second-order valence-electron chi connectivity index (χ2n) is 5.61. The molecule has 1 saturated heterocycles. The van der Waals surface area contributed by atoms with Gasteiger partial charge in [-0.3, -0.25) is 4.79 Å². The molecule has 1 fully saturated rings. The lowest BCUT2D eigenvalue weighted by molar-refractivity contribution is -0.742. The largest absolute Gasteiger partial charge is 0.333 e. The number of nitrogens with two attached hydrogens (primary N) is 1. The van der Waals surface area contributed by atoms with Crippen molar-refractivity contribution in [3.63, 3.8) is 0 Å². The van der Waals surface area contributed by atoms with Crippen LogP contribution in [0.15, 0.2) is 60.7 Å². The first-order chi connectivity index (χ1) is 9.75. The number of Topliss-reactive ketones (excluding diaryl/α,β-unsaturated/α-hetero) is 1. The van der Waals surface area contributed by atoms with Crippen LogP contribution in [0.3, 0.4) is 0 Å². The molecule has 0 bridgehead atoms. The molecule has 20 heavy (non-hydrogen) atoms. The molecule has 1 heterocycles. The summed E-state index contributed by atoms with van der Waals surface area (Å²) in [6.07, 6.45) is 0.633. The molecule has 2 N–H and O–H groups in total. The number of carbonyl (C=O) groups excluding carboxylic acids is 1. The maximum atomic E-state index is 12.3. The minimum Gasteiger partial charge on any atom is -0.333 e. The molecule has 3 atom stereocenters. The third kappa shape index (κ3) is 2.52. The van der Waals surface area contributed by atoms with Crippen LogP contribution in [0, 0.1) is 5.92 Å². The first-order valence-electron chi connectivity index (χ1n) is 7.23. The van der Waals surface area contributed by atoms with E-state index in [0.29, 0.717) is 12.2 Å². The van der Waals surface area contributed by atoms with Crippen molar-refractivity contribution in [2.45, 2.75) is 25.4 Å². The van der Waals surface area contributed by atoms with Crippen LogP contribution in [0.2, 0.25) is 0 Å². The maximum absolute atomic E-state index is 12.3. The van der Waals surface area contributed by atoms with Crippen molar-refractivity contribution < 1.29 is 10.1 Å². The predicted molar refractivity (Wildman–Crippen MR) is 79.1 cm³/mol. The fraction of sp³-hybridized carbons (Fsp3) is 0.278. The molecule has 0 aliphatic carbocycles. The maximum Gasteiger partial charge on any atom is 0.148 e. The molecular formula is C18H20NO+. The van der Waals surface area contributed by atoms with Crippen LogP contribution in [-0.4, -0.2) is 5.78 Å². The Hall–Kier alpha value is -1.93. The molecule has 1 aliphatic rings. The number of ketones is 1. The molecule has 2 nitrogen and oxygen atoms in total. The van der Waals surface area contributed by atoms with Gasteiger partial charge in [0, 0.05) is 11.1 Å². The van der Waals surface area contributed by atoms with E-state index in [2.05, 4.69) is 36.5 Å². The summed E-state index contributed by atoms with van der Waals surface area (Å²) < 4.78 is 0. The summed E-state index contributed by atoms with van der Waals surface area (Å²) in [6.45, 7) is 2.05. The van der Waals surface area contributed by atoms with Gasteiger partial charge < -0.3 is 5.32 Å². The standard InChI is InChI=1S/C18H19NO/c1-13-17(20)12-16(14-8-4-2-5-9-14)19-18(13)15-10-6-3-7-11-15/h2-11,13,16,18-19H,12H2,1H3/p+1/t13-,16+,18-/m1/s1. The quantitative estimate of drug-likeness (QED) is 0.890. The van der Waals surface area contributed by atoms with E-state index in [1.165, 1.54) is 11.1 Å². The molecule has 0 aromatic heterocycles. The Balaban J connectivity index is 1.89. The average Bonchev–Trinajstić information content (AvgIpc) is 2.51. The molecule has 2 aromatic rings. The number of hydrogen-bond acceptors (Lipinski definition) is 1. The second kappa shape index (κ2) is 5.59. The van der Waals surface area contributed by atoms with Gasteiger partial charge in [0.15, 0.2) is 0 Å². The summed E-state index contributed by atoms with van der Waals surface area (Å²) in [7, 11) is 0. The summed E-state index contributed by atoms with van der Waals surface area (Å²) >= 11 is 0. The molecule has 1 aliphatic heterocycles. The molecule has 2 heteroatoms. The van der Waals surface area contributed by atoms with E-state index in [4.69, 9.17) is 0 Å². The van der Waals surface area contributed by atoms with Gasteiger partial charge in [-0.2, -0.15) is 0 Å². The van der Waals surface area contributed by atoms with Crippen LogP contribution in [0.25, 0.3) is 0 Å². The third-order valence-electron chi connectivity index (χ3n) is 4.32. The van der Waals surface area contributed by atoms with Gasteiger partial charge in [0.05, 0.1) is 12.3 Å². The third-order valence-corrected chi connectivity index (χ3v) is 4.32.